The first kappa shape index (κ1) is 18.1. The highest BCUT2D eigenvalue weighted by molar-refractivity contribution is 7.09. The molecule has 0 spiro atoms. The molecule has 2 N–H and O–H groups in total. The largest absolute Gasteiger partial charge is 0.434 e. The van der Waals surface area contributed by atoms with Crippen LogP contribution in [0.15, 0.2) is 5.38 Å². The van der Waals surface area contributed by atoms with Crippen LogP contribution in [0.4, 0.5) is 22.0 Å². The molecule has 0 radical (unpaired) electrons. The molecule has 0 bridgehead atoms. The second-order valence-electron chi connectivity index (χ2n) is 4.34. The third-order valence-corrected chi connectivity index (χ3v) is 3.53. The third-order valence-electron chi connectivity index (χ3n) is 2.68. The molecule has 1 atom stereocenters. The molecule has 0 saturated carbocycles. The second-order valence-corrected chi connectivity index (χ2v) is 5.28. The van der Waals surface area contributed by atoms with E-state index in [0.717, 1.165) is 16.7 Å². The summed E-state index contributed by atoms with van der Waals surface area (Å²) >= 11 is 0.746. The molecule has 120 valence electrons. The first-order valence-corrected chi connectivity index (χ1v) is 6.46. The number of nitrogens with one attached hydrogen (secondary N) is 2. The maximum atomic E-state index is 12.9. The summed E-state index contributed by atoms with van der Waals surface area (Å²) in [4.78, 5) is 14.9. The van der Waals surface area contributed by atoms with Crippen LogP contribution in [-0.4, -0.2) is 29.4 Å². The number of thiazole rings is 1. The molecule has 0 aromatic carbocycles. The highest BCUT2D eigenvalue weighted by Gasteiger charge is 2.42. The Bertz CT molecular complexity index is 507. The number of halogens is 6. The smallest absolute Gasteiger partial charge is 0.348 e. The SMILES string of the molecule is Cl.O=C(NCc1nc(C(F)(F)F)cs1)C1CC(F)(F)CN1. The Morgan fingerprint density at radius 2 is 2.19 bits per heavy atom. The maximum Gasteiger partial charge on any atom is 0.434 e. The van der Waals surface area contributed by atoms with Crippen molar-refractivity contribution in [2.45, 2.75) is 31.1 Å². The molecule has 1 aromatic rings. The summed E-state index contributed by atoms with van der Waals surface area (Å²) in [5.74, 6) is -3.61. The molecule has 1 aliphatic heterocycles. The highest BCUT2D eigenvalue weighted by atomic mass is 35.5. The summed E-state index contributed by atoms with van der Waals surface area (Å²) in [6, 6.07) is -1.04. The van der Waals surface area contributed by atoms with Gasteiger partial charge in [-0.25, -0.2) is 13.8 Å². The number of rotatable bonds is 3. The van der Waals surface area contributed by atoms with Crippen LogP contribution >= 0.6 is 23.7 Å². The van der Waals surface area contributed by atoms with Gasteiger partial charge >= 0.3 is 6.18 Å². The number of aromatic nitrogens is 1. The Hall–Kier alpha value is -1.00. The lowest BCUT2D eigenvalue weighted by molar-refractivity contribution is -0.140. The number of carbonyl (C=O) groups is 1. The van der Waals surface area contributed by atoms with Crippen molar-refractivity contribution in [2.24, 2.45) is 0 Å². The van der Waals surface area contributed by atoms with Crippen LogP contribution in [0.25, 0.3) is 0 Å². The van der Waals surface area contributed by atoms with E-state index in [1.165, 1.54) is 0 Å². The molecule has 2 heterocycles. The van der Waals surface area contributed by atoms with E-state index in [9.17, 15) is 26.7 Å². The number of amides is 1. The zero-order valence-electron chi connectivity index (χ0n) is 10.3. The lowest BCUT2D eigenvalue weighted by atomic mass is 10.2. The van der Waals surface area contributed by atoms with E-state index in [1.807, 2.05) is 0 Å². The van der Waals surface area contributed by atoms with Crippen molar-refractivity contribution < 1.29 is 26.7 Å². The molecule has 1 fully saturated rings. The zero-order valence-corrected chi connectivity index (χ0v) is 12.0. The van der Waals surface area contributed by atoms with Crippen LogP contribution in [0.1, 0.15) is 17.1 Å². The molecule has 4 nitrogen and oxygen atoms in total. The first-order chi connectivity index (χ1) is 9.17. The summed E-state index contributed by atoms with van der Waals surface area (Å²) in [6.07, 6.45) is -5.15. The molecule has 21 heavy (non-hydrogen) atoms. The van der Waals surface area contributed by atoms with Crippen molar-refractivity contribution in [3.63, 3.8) is 0 Å². The first-order valence-electron chi connectivity index (χ1n) is 5.58. The molecule has 1 amide bonds. The number of hydrogen-bond donors (Lipinski definition) is 2. The fraction of sp³-hybridized carbons (Fsp3) is 0.600. The zero-order chi connectivity index (χ0) is 15.0. The van der Waals surface area contributed by atoms with Gasteiger partial charge in [0.15, 0.2) is 5.69 Å². The fourth-order valence-corrected chi connectivity index (χ4v) is 2.45. The van der Waals surface area contributed by atoms with Gasteiger partial charge in [0, 0.05) is 11.8 Å². The van der Waals surface area contributed by atoms with E-state index in [-0.39, 0.29) is 24.0 Å². The van der Waals surface area contributed by atoms with Crippen molar-refractivity contribution in [1.82, 2.24) is 15.6 Å². The van der Waals surface area contributed by atoms with Crippen molar-refractivity contribution in [3.05, 3.63) is 16.1 Å². The van der Waals surface area contributed by atoms with Gasteiger partial charge in [0.05, 0.1) is 19.1 Å². The Morgan fingerprint density at radius 3 is 2.67 bits per heavy atom. The Kier molecular flexibility index (Phi) is 5.51. The van der Waals surface area contributed by atoms with Gasteiger partial charge in [-0.05, 0) is 0 Å². The van der Waals surface area contributed by atoms with E-state index in [0.29, 0.717) is 0 Å². The fourth-order valence-electron chi connectivity index (χ4n) is 1.71. The van der Waals surface area contributed by atoms with E-state index in [4.69, 9.17) is 0 Å². The van der Waals surface area contributed by atoms with Crippen molar-refractivity contribution in [3.8, 4) is 0 Å². The Morgan fingerprint density at radius 1 is 1.52 bits per heavy atom. The maximum absolute atomic E-state index is 12.9. The lowest BCUT2D eigenvalue weighted by Crippen LogP contribution is -2.40. The predicted octanol–water partition coefficient (Wildman–Crippen LogP) is 2.20. The normalized spacial score (nSPS) is 20.9. The summed E-state index contributed by atoms with van der Waals surface area (Å²) in [5, 5.41) is 5.54. The highest BCUT2D eigenvalue weighted by Crippen LogP contribution is 2.30. The van der Waals surface area contributed by atoms with Crippen LogP contribution in [0.5, 0.6) is 0 Å². The van der Waals surface area contributed by atoms with Gasteiger partial charge < -0.3 is 5.32 Å². The molecule has 11 heteroatoms. The van der Waals surface area contributed by atoms with Crippen molar-refractivity contribution >= 4 is 29.7 Å². The summed E-state index contributed by atoms with van der Waals surface area (Å²) in [7, 11) is 0. The van der Waals surface area contributed by atoms with E-state index < -0.39 is 42.7 Å². The van der Waals surface area contributed by atoms with Gasteiger partial charge in [-0.2, -0.15) is 13.2 Å². The predicted molar refractivity (Wildman–Crippen MR) is 67.6 cm³/mol. The van der Waals surface area contributed by atoms with Gasteiger partial charge in [0.2, 0.25) is 5.91 Å². The molecule has 1 saturated heterocycles. The minimum absolute atomic E-state index is 0. The van der Waals surface area contributed by atoms with E-state index in [1.54, 1.807) is 0 Å². The van der Waals surface area contributed by atoms with Crippen LogP contribution in [0.3, 0.4) is 0 Å². The summed E-state index contributed by atoms with van der Waals surface area (Å²) in [6.45, 7) is -0.802. The standard InChI is InChI=1S/C10H10F5N3OS.ClH/c11-9(12)1-5(17-4-9)8(19)16-2-7-18-6(3-20-7)10(13,14)15;/h3,5,17H,1-2,4H2,(H,16,19);1H. The van der Waals surface area contributed by atoms with Gasteiger partial charge in [-0.3, -0.25) is 10.1 Å². The molecule has 1 aromatic heterocycles. The van der Waals surface area contributed by atoms with E-state index >= 15 is 0 Å². The second kappa shape index (κ2) is 6.41. The summed E-state index contributed by atoms with van der Waals surface area (Å²) < 4.78 is 62.6. The minimum Gasteiger partial charge on any atom is -0.348 e. The average Bonchev–Trinajstić information content (AvgIpc) is 2.91. The van der Waals surface area contributed by atoms with E-state index in [2.05, 4.69) is 15.6 Å². The average molecular weight is 352 g/mol. The Balaban J connectivity index is 0.00000220. The topological polar surface area (TPSA) is 54.0 Å². The minimum atomic E-state index is -4.53. The quantitative estimate of drug-likeness (QED) is 0.821. The summed E-state index contributed by atoms with van der Waals surface area (Å²) in [5.41, 5.74) is -1.03. The number of alkyl halides is 5. The molecular weight excluding hydrogens is 341 g/mol. The number of carbonyl (C=O) groups excluding carboxylic acids is 1. The van der Waals surface area contributed by atoms with Gasteiger partial charge in [-0.1, -0.05) is 0 Å². The monoisotopic (exact) mass is 351 g/mol. The number of nitrogens with zero attached hydrogens (tertiary/aromatic N) is 1. The van der Waals surface area contributed by atoms with Crippen LogP contribution in [-0.2, 0) is 17.5 Å². The van der Waals surface area contributed by atoms with Gasteiger partial charge in [-0.15, -0.1) is 23.7 Å². The lowest BCUT2D eigenvalue weighted by Gasteiger charge is -2.10. The van der Waals surface area contributed by atoms with Crippen molar-refractivity contribution in [1.29, 1.82) is 0 Å². The third kappa shape index (κ3) is 4.75. The van der Waals surface area contributed by atoms with Gasteiger partial charge in [0.25, 0.3) is 5.92 Å². The molecule has 2 rings (SSSR count). The molecule has 0 aliphatic carbocycles. The molecule has 1 aliphatic rings. The molecule has 1 unspecified atom stereocenters. The number of hydrogen-bond acceptors (Lipinski definition) is 4. The van der Waals surface area contributed by atoms with Crippen LogP contribution < -0.4 is 10.6 Å². The Labute approximate surface area is 126 Å². The van der Waals surface area contributed by atoms with Crippen molar-refractivity contribution in [2.75, 3.05) is 6.54 Å². The van der Waals surface area contributed by atoms with Gasteiger partial charge in [0.1, 0.15) is 5.01 Å². The van der Waals surface area contributed by atoms with Crippen LogP contribution in [0, 0.1) is 0 Å². The molecular formula is C10H11ClF5N3OS. The van der Waals surface area contributed by atoms with Crippen LogP contribution in [0.2, 0.25) is 0 Å².